The lowest BCUT2D eigenvalue weighted by molar-refractivity contribution is -0.251. The predicted octanol–water partition coefficient (Wildman–Crippen LogP) is 0.0441. The van der Waals surface area contributed by atoms with Gasteiger partial charge < -0.3 is 24.8 Å². The Kier molecular flexibility index (Phi) is 8.10. The summed E-state index contributed by atoms with van der Waals surface area (Å²) in [7, 11) is 0. The van der Waals surface area contributed by atoms with Crippen molar-refractivity contribution in [3.63, 3.8) is 0 Å². The minimum absolute atomic E-state index is 0.219. The Bertz CT molecular complexity index is 243. The highest BCUT2D eigenvalue weighted by Gasteiger charge is 2.43. The lowest BCUT2D eigenvalue weighted by Crippen LogP contribution is -2.49. The molecule has 2 unspecified atom stereocenters. The molecule has 6 heteroatoms. The standard InChI is InChI=1S/C12H24O6/c1-4-5-6-17-11(15)12(16,9(2)3)18-8-10(14)7-13/h9-10,13-14,16H,4-8H2,1-3H3. The van der Waals surface area contributed by atoms with Crippen molar-refractivity contribution in [2.75, 3.05) is 19.8 Å². The highest BCUT2D eigenvalue weighted by Crippen LogP contribution is 2.21. The second kappa shape index (κ2) is 8.42. The molecule has 0 amide bonds. The summed E-state index contributed by atoms with van der Waals surface area (Å²) in [6, 6.07) is 0. The number of carbonyl (C=O) groups is 1. The molecule has 0 saturated heterocycles. The molecule has 0 spiro atoms. The van der Waals surface area contributed by atoms with Gasteiger partial charge in [0.1, 0.15) is 6.10 Å². The SMILES string of the molecule is CCCCOC(=O)C(O)(OCC(O)CO)C(C)C. The second-order valence-electron chi connectivity index (χ2n) is 4.49. The lowest BCUT2D eigenvalue weighted by atomic mass is 10.0. The molecule has 0 radical (unpaired) electrons. The number of ether oxygens (including phenoxy) is 2. The number of hydrogen-bond donors (Lipinski definition) is 3. The average Bonchev–Trinajstić information content (AvgIpc) is 2.35. The molecular weight excluding hydrogens is 240 g/mol. The van der Waals surface area contributed by atoms with Crippen LogP contribution < -0.4 is 0 Å². The van der Waals surface area contributed by atoms with E-state index in [1.807, 2.05) is 6.92 Å². The second-order valence-corrected chi connectivity index (χ2v) is 4.49. The zero-order valence-electron chi connectivity index (χ0n) is 11.3. The van der Waals surface area contributed by atoms with Crippen molar-refractivity contribution in [2.24, 2.45) is 5.92 Å². The van der Waals surface area contributed by atoms with E-state index in [1.165, 1.54) is 0 Å². The van der Waals surface area contributed by atoms with Crippen molar-refractivity contribution in [3.8, 4) is 0 Å². The minimum Gasteiger partial charge on any atom is -0.462 e. The van der Waals surface area contributed by atoms with E-state index in [-0.39, 0.29) is 13.2 Å². The lowest BCUT2D eigenvalue weighted by Gasteiger charge is -2.30. The first-order valence-corrected chi connectivity index (χ1v) is 6.20. The normalized spacial score (nSPS) is 16.4. The van der Waals surface area contributed by atoms with E-state index in [9.17, 15) is 9.90 Å². The van der Waals surface area contributed by atoms with Gasteiger partial charge in [-0.1, -0.05) is 27.2 Å². The van der Waals surface area contributed by atoms with E-state index in [0.717, 1.165) is 6.42 Å². The number of hydrogen-bond acceptors (Lipinski definition) is 6. The molecule has 6 nitrogen and oxygen atoms in total. The molecule has 0 heterocycles. The molecule has 3 N–H and O–H groups in total. The molecule has 0 bridgehead atoms. The van der Waals surface area contributed by atoms with Crippen molar-refractivity contribution in [3.05, 3.63) is 0 Å². The number of esters is 1. The van der Waals surface area contributed by atoms with Gasteiger partial charge in [0.05, 0.1) is 19.8 Å². The van der Waals surface area contributed by atoms with E-state index >= 15 is 0 Å². The van der Waals surface area contributed by atoms with Gasteiger partial charge >= 0.3 is 5.97 Å². The van der Waals surface area contributed by atoms with E-state index in [0.29, 0.717) is 6.42 Å². The van der Waals surface area contributed by atoms with Crippen molar-refractivity contribution >= 4 is 5.97 Å². The Morgan fingerprint density at radius 1 is 1.39 bits per heavy atom. The Morgan fingerprint density at radius 3 is 2.44 bits per heavy atom. The maximum atomic E-state index is 11.7. The van der Waals surface area contributed by atoms with E-state index in [4.69, 9.17) is 19.7 Å². The van der Waals surface area contributed by atoms with Crippen molar-refractivity contribution in [1.29, 1.82) is 0 Å². The van der Waals surface area contributed by atoms with Crippen LogP contribution >= 0.6 is 0 Å². The Balaban J connectivity index is 4.45. The van der Waals surface area contributed by atoms with Gasteiger partial charge in [0.2, 0.25) is 0 Å². The van der Waals surface area contributed by atoms with Crippen LogP contribution in [0.2, 0.25) is 0 Å². The molecule has 0 aromatic rings. The number of aliphatic hydroxyl groups is 3. The fourth-order valence-corrected chi connectivity index (χ4v) is 1.15. The molecule has 0 aromatic carbocycles. The molecule has 0 saturated carbocycles. The van der Waals surface area contributed by atoms with Gasteiger partial charge in [-0.3, -0.25) is 0 Å². The van der Waals surface area contributed by atoms with Crippen LogP contribution in [0, 0.1) is 5.92 Å². The van der Waals surface area contributed by atoms with Crippen molar-refractivity contribution in [2.45, 2.75) is 45.5 Å². The quantitative estimate of drug-likeness (QED) is 0.309. The van der Waals surface area contributed by atoms with Gasteiger partial charge in [0.15, 0.2) is 0 Å². The highest BCUT2D eigenvalue weighted by atomic mass is 16.7. The van der Waals surface area contributed by atoms with Crippen LogP contribution in [0.25, 0.3) is 0 Å². The smallest absolute Gasteiger partial charge is 0.366 e. The minimum atomic E-state index is -2.09. The van der Waals surface area contributed by atoms with Gasteiger partial charge in [-0.2, -0.15) is 0 Å². The third-order valence-electron chi connectivity index (χ3n) is 2.51. The van der Waals surface area contributed by atoms with Gasteiger partial charge in [-0.25, -0.2) is 4.79 Å². The van der Waals surface area contributed by atoms with Crippen LogP contribution in [0.4, 0.5) is 0 Å². The number of aliphatic hydroxyl groups excluding tert-OH is 2. The number of rotatable bonds is 9. The van der Waals surface area contributed by atoms with Crippen molar-refractivity contribution < 1.29 is 29.6 Å². The van der Waals surface area contributed by atoms with E-state index in [1.54, 1.807) is 13.8 Å². The first-order valence-electron chi connectivity index (χ1n) is 6.20. The summed E-state index contributed by atoms with van der Waals surface area (Å²) in [6.45, 7) is 4.54. The van der Waals surface area contributed by atoms with Crippen molar-refractivity contribution in [1.82, 2.24) is 0 Å². The summed E-state index contributed by atoms with van der Waals surface area (Å²) in [5.41, 5.74) is 0. The third-order valence-corrected chi connectivity index (χ3v) is 2.51. The summed E-state index contributed by atoms with van der Waals surface area (Å²) in [4.78, 5) is 11.7. The largest absolute Gasteiger partial charge is 0.462 e. The molecule has 2 atom stereocenters. The van der Waals surface area contributed by atoms with Crippen LogP contribution in [0.15, 0.2) is 0 Å². The molecule has 108 valence electrons. The molecule has 18 heavy (non-hydrogen) atoms. The monoisotopic (exact) mass is 264 g/mol. The van der Waals surface area contributed by atoms with E-state index < -0.39 is 30.4 Å². The fourth-order valence-electron chi connectivity index (χ4n) is 1.15. The molecule has 0 fully saturated rings. The molecular formula is C12H24O6. The topological polar surface area (TPSA) is 96.2 Å². The summed E-state index contributed by atoms with van der Waals surface area (Å²) in [5.74, 6) is -3.49. The highest BCUT2D eigenvalue weighted by molar-refractivity contribution is 5.77. The van der Waals surface area contributed by atoms with E-state index in [2.05, 4.69) is 0 Å². The first kappa shape index (κ1) is 17.3. The van der Waals surface area contributed by atoms with Crippen LogP contribution in [-0.4, -0.2) is 53.0 Å². The summed E-state index contributed by atoms with van der Waals surface area (Å²) in [6.07, 6.45) is 0.440. The van der Waals surface area contributed by atoms with Gasteiger partial charge in [-0.15, -0.1) is 0 Å². The van der Waals surface area contributed by atoms with Crippen LogP contribution in [0.3, 0.4) is 0 Å². The van der Waals surface area contributed by atoms with Gasteiger partial charge in [-0.05, 0) is 6.42 Å². The molecule has 0 aliphatic heterocycles. The summed E-state index contributed by atoms with van der Waals surface area (Å²) >= 11 is 0. The Hall–Kier alpha value is -0.690. The van der Waals surface area contributed by atoms with Crippen LogP contribution in [0.5, 0.6) is 0 Å². The molecule has 0 aliphatic carbocycles. The molecule has 0 rings (SSSR count). The fraction of sp³-hybridized carbons (Fsp3) is 0.917. The Morgan fingerprint density at radius 2 is 2.00 bits per heavy atom. The van der Waals surface area contributed by atoms with Gasteiger partial charge in [0, 0.05) is 5.92 Å². The van der Waals surface area contributed by atoms with Crippen LogP contribution in [-0.2, 0) is 14.3 Å². The average molecular weight is 264 g/mol. The third kappa shape index (κ3) is 5.30. The number of unbranched alkanes of at least 4 members (excludes halogenated alkanes) is 1. The summed E-state index contributed by atoms with van der Waals surface area (Å²) in [5, 5.41) is 27.9. The zero-order chi connectivity index (χ0) is 14.2. The van der Waals surface area contributed by atoms with Crippen LogP contribution in [0.1, 0.15) is 33.6 Å². The summed E-state index contributed by atoms with van der Waals surface area (Å²) < 4.78 is 9.92. The maximum Gasteiger partial charge on any atom is 0.366 e. The van der Waals surface area contributed by atoms with Gasteiger partial charge in [0.25, 0.3) is 5.79 Å². The molecule has 0 aromatic heterocycles. The predicted molar refractivity (Wildman–Crippen MR) is 64.7 cm³/mol. The maximum absolute atomic E-state index is 11.7. The molecule has 0 aliphatic rings. The zero-order valence-corrected chi connectivity index (χ0v) is 11.3. The first-order chi connectivity index (χ1) is 8.38. The Labute approximate surface area is 108 Å². The number of carbonyl (C=O) groups excluding carboxylic acids is 1.